The molecule has 0 amide bonds. The normalized spacial score (nSPS) is 10.6. The van der Waals surface area contributed by atoms with Crippen molar-refractivity contribution >= 4 is 22.8 Å². The highest BCUT2D eigenvalue weighted by molar-refractivity contribution is 5.94. The van der Waals surface area contributed by atoms with Gasteiger partial charge >= 0.3 is 5.97 Å². The van der Waals surface area contributed by atoms with Crippen LogP contribution in [0.15, 0.2) is 66.7 Å². The summed E-state index contributed by atoms with van der Waals surface area (Å²) in [6.07, 6.45) is 2.57. The Labute approximate surface area is 138 Å². The molecule has 0 fully saturated rings. The average Bonchev–Trinajstić information content (AvgIpc) is 2.61. The van der Waals surface area contributed by atoms with Crippen molar-refractivity contribution in [3.63, 3.8) is 0 Å². The maximum Gasteiger partial charge on any atom is 0.336 e. The second-order valence-corrected chi connectivity index (χ2v) is 5.08. The van der Waals surface area contributed by atoms with Crippen LogP contribution in [0.4, 0.5) is 0 Å². The van der Waals surface area contributed by atoms with Gasteiger partial charge in [-0.05, 0) is 29.7 Å². The molecule has 4 nitrogen and oxygen atoms in total. The number of rotatable bonds is 3. The van der Waals surface area contributed by atoms with Crippen LogP contribution in [-0.4, -0.2) is 11.1 Å². The first kappa shape index (κ1) is 15.3. The predicted octanol–water partition coefficient (Wildman–Crippen LogP) is 4.04. The van der Waals surface area contributed by atoms with Gasteiger partial charge in [0.25, 0.3) is 0 Å². The lowest BCUT2D eigenvalue weighted by molar-refractivity contribution is -0.128. The van der Waals surface area contributed by atoms with Gasteiger partial charge in [-0.3, -0.25) is 0 Å². The molecule has 24 heavy (non-hydrogen) atoms. The van der Waals surface area contributed by atoms with Gasteiger partial charge < -0.3 is 9.84 Å². The fourth-order valence-electron chi connectivity index (χ4n) is 2.40. The summed E-state index contributed by atoms with van der Waals surface area (Å²) in [5, 5.41) is 20.7. The summed E-state index contributed by atoms with van der Waals surface area (Å²) in [5.41, 5.74) is 0.569. The third kappa shape index (κ3) is 3.11. The third-order valence-electron chi connectivity index (χ3n) is 3.55. The number of phenols is 1. The maximum absolute atomic E-state index is 12.1. The van der Waals surface area contributed by atoms with Crippen molar-refractivity contribution in [3.8, 4) is 17.6 Å². The van der Waals surface area contributed by atoms with Gasteiger partial charge in [0.1, 0.15) is 11.5 Å². The van der Waals surface area contributed by atoms with Crippen molar-refractivity contribution in [2.75, 3.05) is 0 Å². The van der Waals surface area contributed by atoms with E-state index in [4.69, 9.17) is 10.00 Å². The quantitative estimate of drug-likeness (QED) is 0.450. The number of phenolic OH excluding ortho intramolecular Hbond substituents is 1. The molecule has 0 spiro atoms. The molecular weight excluding hydrogens is 302 g/mol. The first-order chi connectivity index (χ1) is 11.7. The molecule has 3 rings (SSSR count). The first-order valence-electron chi connectivity index (χ1n) is 7.29. The fourth-order valence-corrected chi connectivity index (χ4v) is 2.40. The van der Waals surface area contributed by atoms with Crippen LogP contribution in [-0.2, 0) is 4.79 Å². The molecule has 0 bridgehead atoms. The fraction of sp³-hybridized carbons (Fsp3) is 0. The van der Waals surface area contributed by atoms with Gasteiger partial charge in [-0.1, -0.05) is 42.5 Å². The zero-order valence-electron chi connectivity index (χ0n) is 12.6. The second-order valence-electron chi connectivity index (χ2n) is 5.08. The molecule has 0 saturated carbocycles. The molecule has 0 aliphatic carbocycles. The largest absolute Gasteiger partial charge is 0.507 e. The number of carbonyl (C=O) groups is 1. The summed E-state index contributed by atoms with van der Waals surface area (Å²) in [7, 11) is 0. The molecule has 0 radical (unpaired) electrons. The SMILES string of the molecule is N#Cc1cccc(O)c1C=CC(=O)Oc1cccc2ccccc12. The lowest BCUT2D eigenvalue weighted by atomic mass is 10.1. The molecule has 0 saturated heterocycles. The van der Waals surface area contributed by atoms with E-state index >= 15 is 0 Å². The van der Waals surface area contributed by atoms with E-state index in [2.05, 4.69) is 0 Å². The molecule has 116 valence electrons. The zero-order chi connectivity index (χ0) is 16.9. The van der Waals surface area contributed by atoms with E-state index in [-0.39, 0.29) is 16.9 Å². The van der Waals surface area contributed by atoms with Gasteiger partial charge in [0.2, 0.25) is 0 Å². The van der Waals surface area contributed by atoms with Crippen molar-refractivity contribution in [1.29, 1.82) is 5.26 Å². The van der Waals surface area contributed by atoms with Crippen LogP contribution in [0.25, 0.3) is 16.8 Å². The van der Waals surface area contributed by atoms with Gasteiger partial charge in [-0.2, -0.15) is 5.26 Å². The third-order valence-corrected chi connectivity index (χ3v) is 3.55. The first-order valence-corrected chi connectivity index (χ1v) is 7.29. The summed E-state index contributed by atoms with van der Waals surface area (Å²) >= 11 is 0. The lowest BCUT2D eigenvalue weighted by Crippen LogP contribution is -2.04. The number of hydrogen-bond acceptors (Lipinski definition) is 4. The van der Waals surface area contributed by atoms with Gasteiger partial charge in [-0.15, -0.1) is 0 Å². The van der Waals surface area contributed by atoms with Crippen LogP contribution < -0.4 is 4.74 Å². The van der Waals surface area contributed by atoms with E-state index in [1.54, 1.807) is 18.2 Å². The second kappa shape index (κ2) is 6.67. The average molecular weight is 315 g/mol. The molecule has 1 N–H and O–H groups in total. The standard InChI is InChI=1S/C20H13NO3/c21-13-15-7-3-9-18(22)16(15)11-12-20(23)24-19-10-4-6-14-5-1-2-8-17(14)19/h1-12,22H. The minimum Gasteiger partial charge on any atom is -0.507 e. The molecule has 0 unspecified atom stereocenters. The van der Waals surface area contributed by atoms with E-state index in [9.17, 15) is 9.90 Å². The van der Waals surface area contributed by atoms with Crippen LogP contribution in [0.5, 0.6) is 11.5 Å². The highest BCUT2D eigenvalue weighted by atomic mass is 16.5. The van der Waals surface area contributed by atoms with E-state index < -0.39 is 5.97 Å². The highest BCUT2D eigenvalue weighted by Gasteiger charge is 2.07. The van der Waals surface area contributed by atoms with Crippen LogP contribution in [0.3, 0.4) is 0 Å². The zero-order valence-corrected chi connectivity index (χ0v) is 12.6. The molecule has 0 atom stereocenters. The van der Waals surface area contributed by atoms with Gasteiger partial charge in [0.15, 0.2) is 0 Å². The molecule has 0 aliphatic heterocycles. The summed E-state index contributed by atoms with van der Waals surface area (Å²) in [5.74, 6) is -0.192. The number of benzene rings is 3. The lowest BCUT2D eigenvalue weighted by Gasteiger charge is -2.06. The number of carbonyl (C=O) groups excluding carboxylic acids is 1. The smallest absolute Gasteiger partial charge is 0.336 e. The maximum atomic E-state index is 12.1. The summed E-state index contributed by atoms with van der Waals surface area (Å²) in [6.45, 7) is 0. The number of ether oxygens (including phenoxy) is 1. The van der Waals surface area contributed by atoms with Crippen molar-refractivity contribution in [2.24, 2.45) is 0 Å². The summed E-state index contributed by atoms with van der Waals surface area (Å²) < 4.78 is 5.37. The number of nitrogens with zero attached hydrogens (tertiary/aromatic N) is 1. The molecule has 4 heteroatoms. The Morgan fingerprint density at radius 3 is 2.62 bits per heavy atom. The van der Waals surface area contributed by atoms with Gasteiger partial charge in [-0.25, -0.2) is 4.79 Å². The van der Waals surface area contributed by atoms with Crippen molar-refractivity contribution in [3.05, 3.63) is 77.9 Å². The molecular formula is C20H13NO3. The molecule has 3 aromatic rings. The van der Waals surface area contributed by atoms with Crippen molar-refractivity contribution < 1.29 is 14.6 Å². The highest BCUT2D eigenvalue weighted by Crippen LogP contribution is 2.26. The predicted molar refractivity (Wildman–Crippen MR) is 91.4 cm³/mol. The minimum atomic E-state index is -0.585. The van der Waals surface area contributed by atoms with Crippen molar-refractivity contribution in [2.45, 2.75) is 0 Å². The Morgan fingerprint density at radius 2 is 1.79 bits per heavy atom. The van der Waals surface area contributed by atoms with Gasteiger partial charge in [0.05, 0.1) is 11.6 Å². The van der Waals surface area contributed by atoms with E-state index in [0.29, 0.717) is 5.75 Å². The van der Waals surface area contributed by atoms with Crippen LogP contribution in [0, 0.1) is 11.3 Å². The number of aromatic hydroxyl groups is 1. The molecule has 0 aliphatic rings. The van der Waals surface area contributed by atoms with E-state index in [1.165, 1.54) is 18.2 Å². The summed E-state index contributed by atoms with van der Waals surface area (Å²) in [6, 6.07) is 19.6. The topological polar surface area (TPSA) is 70.3 Å². The number of esters is 1. The molecule has 3 aromatic carbocycles. The Hall–Kier alpha value is -3.58. The van der Waals surface area contributed by atoms with Crippen LogP contribution in [0.2, 0.25) is 0 Å². The number of fused-ring (bicyclic) bond motifs is 1. The minimum absolute atomic E-state index is 0.0664. The van der Waals surface area contributed by atoms with E-state index in [0.717, 1.165) is 10.8 Å². The number of hydrogen-bond donors (Lipinski definition) is 1. The summed E-state index contributed by atoms with van der Waals surface area (Å²) in [4.78, 5) is 12.1. The van der Waals surface area contributed by atoms with Crippen LogP contribution in [0.1, 0.15) is 11.1 Å². The van der Waals surface area contributed by atoms with Crippen LogP contribution >= 0.6 is 0 Å². The monoisotopic (exact) mass is 315 g/mol. The number of nitriles is 1. The Bertz CT molecular complexity index is 978. The molecule has 0 aromatic heterocycles. The Kier molecular flexibility index (Phi) is 4.26. The Morgan fingerprint density at radius 1 is 1.04 bits per heavy atom. The Balaban J connectivity index is 1.85. The van der Waals surface area contributed by atoms with Gasteiger partial charge in [0, 0.05) is 17.0 Å². The molecule has 0 heterocycles. The van der Waals surface area contributed by atoms with E-state index in [1.807, 2.05) is 42.5 Å². The van der Waals surface area contributed by atoms with Crippen molar-refractivity contribution in [1.82, 2.24) is 0 Å².